The third kappa shape index (κ3) is 4.65. The van der Waals surface area contributed by atoms with Crippen LogP contribution in [-0.4, -0.2) is 30.4 Å². The minimum absolute atomic E-state index is 0.00619. The summed E-state index contributed by atoms with van der Waals surface area (Å²) < 4.78 is 37.8. The van der Waals surface area contributed by atoms with Crippen molar-refractivity contribution >= 4 is 28.4 Å². The molecule has 0 unspecified atom stereocenters. The van der Waals surface area contributed by atoms with Gasteiger partial charge in [-0.05, 0) is 62.7 Å². The minimum atomic E-state index is -0.677. The predicted octanol–water partition coefficient (Wildman–Crippen LogP) is 5.58. The SMILES string of the molecule is C=CC(=O)Nc1cc(C)c(-c2c(C)c3ncnc(N)c3n2-c2ccc(Oc3nccc(C)n3)c(F)c2)cc1F. The average Bonchev–Trinajstić information content (AvgIpc) is 3.20. The highest BCUT2D eigenvalue weighted by Crippen LogP contribution is 2.40. The molecule has 39 heavy (non-hydrogen) atoms. The van der Waals surface area contributed by atoms with Crippen LogP contribution in [0, 0.1) is 32.4 Å². The first-order valence-corrected chi connectivity index (χ1v) is 11.8. The summed E-state index contributed by atoms with van der Waals surface area (Å²) in [6, 6.07) is 8.88. The molecular formula is C28H23F2N7O2. The first kappa shape index (κ1) is 25.5. The number of carbonyl (C=O) groups excluding carboxylic acids is 1. The molecule has 196 valence electrons. The number of benzene rings is 2. The number of carbonyl (C=O) groups is 1. The Kier molecular flexibility index (Phi) is 6.48. The summed E-state index contributed by atoms with van der Waals surface area (Å²) in [6.07, 6.45) is 3.90. The normalized spacial score (nSPS) is 11.0. The summed E-state index contributed by atoms with van der Waals surface area (Å²) in [4.78, 5) is 28.4. The first-order valence-electron chi connectivity index (χ1n) is 11.8. The van der Waals surface area contributed by atoms with Gasteiger partial charge in [0.1, 0.15) is 17.7 Å². The smallest absolute Gasteiger partial charge is 0.322 e. The summed E-state index contributed by atoms with van der Waals surface area (Å²) >= 11 is 0. The highest BCUT2D eigenvalue weighted by atomic mass is 19.1. The molecule has 0 fully saturated rings. The van der Waals surface area contributed by atoms with Crippen molar-refractivity contribution < 1.29 is 18.3 Å². The van der Waals surface area contributed by atoms with Crippen LogP contribution in [0.4, 0.5) is 20.3 Å². The molecule has 11 heteroatoms. The van der Waals surface area contributed by atoms with Gasteiger partial charge in [-0.15, -0.1) is 0 Å². The molecule has 9 nitrogen and oxygen atoms in total. The van der Waals surface area contributed by atoms with Crippen LogP contribution in [0.2, 0.25) is 0 Å². The third-order valence-corrected chi connectivity index (χ3v) is 6.17. The molecule has 0 spiro atoms. The number of hydrogen-bond donors (Lipinski definition) is 2. The zero-order chi connectivity index (χ0) is 27.8. The van der Waals surface area contributed by atoms with Gasteiger partial charge in [-0.1, -0.05) is 6.58 Å². The Morgan fingerprint density at radius 1 is 1.08 bits per heavy atom. The van der Waals surface area contributed by atoms with Gasteiger partial charge >= 0.3 is 6.01 Å². The lowest BCUT2D eigenvalue weighted by Gasteiger charge is -2.16. The van der Waals surface area contributed by atoms with Gasteiger partial charge < -0.3 is 20.4 Å². The number of aromatic nitrogens is 5. The fraction of sp³-hybridized carbons (Fsp3) is 0.107. The predicted molar refractivity (Wildman–Crippen MR) is 144 cm³/mol. The maximum atomic E-state index is 15.4. The van der Waals surface area contributed by atoms with E-state index in [0.717, 1.165) is 6.08 Å². The molecule has 0 aliphatic rings. The zero-order valence-electron chi connectivity index (χ0n) is 21.3. The number of fused-ring (bicyclic) bond motifs is 1. The second-order valence-corrected chi connectivity index (χ2v) is 8.80. The molecule has 0 aliphatic carbocycles. The average molecular weight is 528 g/mol. The number of aryl methyl sites for hydroxylation is 3. The number of ether oxygens (including phenoxy) is 1. The van der Waals surface area contributed by atoms with E-state index >= 15 is 8.78 Å². The van der Waals surface area contributed by atoms with Gasteiger partial charge in [0.2, 0.25) is 5.91 Å². The Balaban J connectivity index is 1.69. The highest BCUT2D eigenvalue weighted by molar-refractivity contribution is 6.00. The number of nitrogen functional groups attached to an aromatic ring is 1. The largest absolute Gasteiger partial charge is 0.421 e. The first-order chi connectivity index (χ1) is 18.7. The van der Waals surface area contributed by atoms with Gasteiger partial charge in [-0.3, -0.25) is 4.79 Å². The van der Waals surface area contributed by atoms with Crippen LogP contribution in [0.25, 0.3) is 28.0 Å². The van der Waals surface area contributed by atoms with Crippen LogP contribution in [0.5, 0.6) is 11.8 Å². The molecule has 3 heterocycles. The summed E-state index contributed by atoms with van der Waals surface area (Å²) in [7, 11) is 0. The van der Waals surface area contributed by atoms with Crippen LogP contribution in [0.3, 0.4) is 0 Å². The maximum Gasteiger partial charge on any atom is 0.322 e. The van der Waals surface area contributed by atoms with E-state index in [1.54, 1.807) is 30.5 Å². The second kappa shape index (κ2) is 9.93. The monoisotopic (exact) mass is 527 g/mol. The number of halogens is 2. The molecule has 3 aromatic heterocycles. The number of hydrogen-bond acceptors (Lipinski definition) is 7. The second-order valence-electron chi connectivity index (χ2n) is 8.80. The molecule has 0 atom stereocenters. The van der Waals surface area contributed by atoms with Gasteiger partial charge in [0.25, 0.3) is 0 Å². The van der Waals surface area contributed by atoms with Gasteiger partial charge in [0.15, 0.2) is 17.4 Å². The van der Waals surface area contributed by atoms with Crippen molar-refractivity contribution in [3.05, 3.63) is 90.0 Å². The van der Waals surface area contributed by atoms with Crippen LogP contribution >= 0.6 is 0 Å². The lowest BCUT2D eigenvalue weighted by Crippen LogP contribution is -2.10. The summed E-state index contributed by atoms with van der Waals surface area (Å²) in [5.74, 6) is -1.79. The Bertz CT molecular complexity index is 1780. The van der Waals surface area contributed by atoms with Crippen molar-refractivity contribution in [1.29, 1.82) is 0 Å². The van der Waals surface area contributed by atoms with E-state index in [4.69, 9.17) is 10.5 Å². The van der Waals surface area contributed by atoms with E-state index in [2.05, 4.69) is 31.8 Å². The lowest BCUT2D eigenvalue weighted by molar-refractivity contribution is -0.111. The van der Waals surface area contributed by atoms with Crippen LogP contribution < -0.4 is 15.8 Å². The number of nitrogens with one attached hydrogen (secondary N) is 1. The third-order valence-electron chi connectivity index (χ3n) is 6.17. The van der Waals surface area contributed by atoms with E-state index in [-0.39, 0.29) is 23.3 Å². The molecule has 0 saturated carbocycles. The van der Waals surface area contributed by atoms with E-state index in [9.17, 15) is 4.79 Å². The molecule has 5 rings (SSSR count). The topological polar surface area (TPSA) is 121 Å². The number of amides is 1. The minimum Gasteiger partial charge on any atom is -0.421 e. The molecular weight excluding hydrogens is 504 g/mol. The van der Waals surface area contributed by atoms with Crippen molar-refractivity contribution in [1.82, 2.24) is 24.5 Å². The fourth-order valence-corrected chi connectivity index (χ4v) is 4.36. The van der Waals surface area contributed by atoms with Crippen molar-refractivity contribution in [2.75, 3.05) is 11.1 Å². The van der Waals surface area contributed by atoms with Gasteiger partial charge in [0.05, 0.1) is 16.9 Å². The van der Waals surface area contributed by atoms with E-state index in [0.29, 0.717) is 44.8 Å². The molecule has 1 amide bonds. The van der Waals surface area contributed by atoms with Crippen molar-refractivity contribution in [3.8, 4) is 28.7 Å². The summed E-state index contributed by atoms with van der Waals surface area (Å²) in [6.45, 7) is 8.75. The quantitative estimate of drug-likeness (QED) is 0.277. The van der Waals surface area contributed by atoms with Crippen molar-refractivity contribution in [2.45, 2.75) is 20.8 Å². The molecule has 2 aromatic carbocycles. The van der Waals surface area contributed by atoms with E-state index in [1.165, 1.54) is 36.8 Å². The van der Waals surface area contributed by atoms with Crippen molar-refractivity contribution in [3.63, 3.8) is 0 Å². The summed E-state index contributed by atoms with van der Waals surface area (Å²) in [5.41, 5.74) is 10.6. The Hall–Kier alpha value is -5.19. The summed E-state index contributed by atoms with van der Waals surface area (Å²) in [5, 5.41) is 2.46. The Morgan fingerprint density at radius 3 is 2.59 bits per heavy atom. The van der Waals surface area contributed by atoms with Crippen LogP contribution in [0.1, 0.15) is 16.8 Å². The van der Waals surface area contributed by atoms with Crippen LogP contribution in [-0.2, 0) is 4.79 Å². The van der Waals surface area contributed by atoms with Crippen LogP contribution in [0.15, 0.2) is 61.6 Å². The Morgan fingerprint density at radius 2 is 1.87 bits per heavy atom. The molecule has 0 bridgehead atoms. The lowest BCUT2D eigenvalue weighted by atomic mass is 10.0. The standard InChI is InChI=1S/C28H23F2N7O2/c1-5-23(38)36-21-10-14(2)18(12-19(21)29)25-16(4)24-26(27(31)34-13-33-24)37(25)17-6-7-22(20(30)11-17)39-28-32-9-8-15(3)35-28/h5-13H,1H2,2-4H3,(H,36,38)(H2,31,33,34). The zero-order valence-corrected chi connectivity index (χ0v) is 21.3. The molecule has 0 saturated heterocycles. The Labute approximate surface area is 222 Å². The van der Waals surface area contributed by atoms with E-state index < -0.39 is 17.5 Å². The number of nitrogens with two attached hydrogens (primary N) is 1. The molecule has 3 N–H and O–H groups in total. The van der Waals surface area contributed by atoms with Gasteiger partial charge in [-0.2, -0.15) is 0 Å². The number of nitrogens with zero attached hydrogens (tertiary/aromatic N) is 5. The maximum absolute atomic E-state index is 15.4. The number of rotatable bonds is 6. The van der Waals surface area contributed by atoms with E-state index in [1.807, 2.05) is 6.92 Å². The van der Waals surface area contributed by atoms with Crippen molar-refractivity contribution in [2.24, 2.45) is 0 Å². The molecule has 0 aliphatic heterocycles. The highest BCUT2D eigenvalue weighted by Gasteiger charge is 2.24. The molecule has 0 radical (unpaired) electrons. The van der Waals surface area contributed by atoms with Gasteiger partial charge in [0, 0.05) is 34.8 Å². The number of anilines is 2. The van der Waals surface area contributed by atoms with Gasteiger partial charge in [-0.25, -0.2) is 28.7 Å². The fourth-order valence-electron chi connectivity index (χ4n) is 4.36. The molecule has 5 aromatic rings.